The van der Waals surface area contributed by atoms with Crippen molar-refractivity contribution >= 4 is 5.91 Å². The Morgan fingerprint density at radius 1 is 1.03 bits per heavy atom. The monoisotopic (exact) mass is 415 g/mol. The quantitative estimate of drug-likeness (QED) is 0.774. The number of ether oxygens (including phenoxy) is 4. The molecule has 2 N–H and O–H groups in total. The van der Waals surface area contributed by atoms with Crippen LogP contribution < -0.4 is 29.7 Å². The highest BCUT2D eigenvalue weighted by atomic mass is 16.5. The Balaban J connectivity index is 2.48. The summed E-state index contributed by atoms with van der Waals surface area (Å²) in [5.41, 5.74) is 1.67. The molecule has 0 spiro atoms. The van der Waals surface area contributed by atoms with Gasteiger partial charge in [-0.25, -0.2) is 0 Å². The van der Waals surface area contributed by atoms with E-state index in [1.807, 2.05) is 6.07 Å². The van der Waals surface area contributed by atoms with Crippen LogP contribution in [0.25, 0.3) is 11.1 Å². The van der Waals surface area contributed by atoms with Crippen molar-refractivity contribution in [3.8, 4) is 39.9 Å². The van der Waals surface area contributed by atoms with Crippen molar-refractivity contribution in [3.63, 3.8) is 0 Å². The minimum Gasteiger partial charge on any atom is -0.502 e. The third-order valence-electron chi connectivity index (χ3n) is 5.21. The lowest BCUT2D eigenvalue weighted by atomic mass is 9.95. The van der Waals surface area contributed by atoms with E-state index in [0.717, 1.165) is 5.56 Å². The van der Waals surface area contributed by atoms with Crippen molar-refractivity contribution in [2.24, 2.45) is 0 Å². The molecule has 3 rings (SSSR count). The predicted molar refractivity (Wildman–Crippen MR) is 111 cm³/mol. The molecule has 1 atom stereocenters. The molecule has 160 valence electrons. The molecule has 0 aromatic heterocycles. The minimum atomic E-state index is -0.615. The van der Waals surface area contributed by atoms with Gasteiger partial charge in [-0.05, 0) is 42.2 Å². The second-order valence-corrected chi connectivity index (χ2v) is 6.88. The Labute approximate surface area is 174 Å². The first-order valence-corrected chi connectivity index (χ1v) is 9.41. The summed E-state index contributed by atoms with van der Waals surface area (Å²) in [5.74, 6) is 0.526. The number of carbonyl (C=O) groups excluding carboxylic acids is 1. The Bertz CT molecular complexity index is 1050. The zero-order chi connectivity index (χ0) is 22.0. The Kier molecular flexibility index (Phi) is 6.05. The molecule has 1 amide bonds. The second-order valence-electron chi connectivity index (χ2n) is 6.88. The van der Waals surface area contributed by atoms with Gasteiger partial charge < -0.3 is 29.4 Å². The third-order valence-corrected chi connectivity index (χ3v) is 5.21. The van der Waals surface area contributed by atoms with Crippen molar-refractivity contribution in [2.75, 3.05) is 28.4 Å². The van der Waals surface area contributed by atoms with Crippen LogP contribution in [0.3, 0.4) is 0 Å². The fourth-order valence-corrected chi connectivity index (χ4v) is 3.95. The van der Waals surface area contributed by atoms with Crippen LogP contribution in [0.15, 0.2) is 23.0 Å². The van der Waals surface area contributed by atoms with Gasteiger partial charge in [-0.3, -0.25) is 9.59 Å². The van der Waals surface area contributed by atoms with Gasteiger partial charge in [0.05, 0.1) is 34.5 Å². The summed E-state index contributed by atoms with van der Waals surface area (Å²) in [7, 11) is 5.91. The third kappa shape index (κ3) is 3.49. The smallest absolute Gasteiger partial charge is 0.229 e. The van der Waals surface area contributed by atoms with Crippen LogP contribution in [0.2, 0.25) is 0 Å². The first-order chi connectivity index (χ1) is 14.4. The van der Waals surface area contributed by atoms with Crippen LogP contribution >= 0.6 is 0 Å². The van der Waals surface area contributed by atoms with E-state index in [9.17, 15) is 14.7 Å². The number of benzene rings is 1. The molecule has 0 bridgehead atoms. The second kappa shape index (κ2) is 8.52. The van der Waals surface area contributed by atoms with Crippen LogP contribution in [0.1, 0.15) is 30.5 Å². The molecule has 8 heteroatoms. The molecule has 30 heavy (non-hydrogen) atoms. The van der Waals surface area contributed by atoms with Crippen LogP contribution in [0.4, 0.5) is 0 Å². The van der Waals surface area contributed by atoms with Crippen molar-refractivity contribution in [2.45, 2.75) is 25.8 Å². The maximum Gasteiger partial charge on any atom is 0.229 e. The molecule has 0 saturated heterocycles. The molecule has 0 saturated carbocycles. The molecular formula is C22H25NO7. The molecule has 0 radical (unpaired) electrons. The summed E-state index contributed by atoms with van der Waals surface area (Å²) in [6.07, 6.45) is 0.978. The molecule has 1 aliphatic carbocycles. The zero-order valence-electron chi connectivity index (χ0n) is 17.6. The average molecular weight is 415 g/mol. The van der Waals surface area contributed by atoms with Crippen molar-refractivity contribution < 1.29 is 28.8 Å². The van der Waals surface area contributed by atoms with E-state index in [0.29, 0.717) is 41.2 Å². The number of aryl methyl sites for hydroxylation is 1. The largest absolute Gasteiger partial charge is 0.502 e. The number of rotatable bonds is 5. The molecule has 0 fully saturated rings. The normalized spacial score (nSPS) is 14.6. The lowest BCUT2D eigenvalue weighted by Crippen LogP contribution is -2.29. The number of aromatic hydroxyl groups is 1. The van der Waals surface area contributed by atoms with E-state index in [4.69, 9.17) is 18.9 Å². The highest BCUT2D eigenvalue weighted by molar-refractivity contribution is 5.83. The van der Waals surface area contributed by atoms with Gasteiger partial charge >= 0.3 is 0 Å². The van der Waals surface area contributed by atoms with Gasteiger partial charge in [0.25, 0.3) is 0 Å². The molecule has 2 aromatic carbocycles. The van der Waals surface area contributed by atoms with Gasteiger partial charge in [0, 0.05) is 18.1 Å². The summed E-state index contributed by atoms with van der Waals surface area (Å²) in [6.45, 7) is 1.39. The number of hydrogen-bond donors (Lipinski definition) is 2. The molecular weight excluding hydrogens is 390 g/mol. The van der Waals surface area contributed by atoms with E-state index < -0.39 is 17.2 Å². The number of methoxy groups -OCH3 is 4. The Morgan fingerprint density at radius 3 is 2.27 bits per heavy atom. The van der Waals surface area contributed by atoms with E-state index in [2.05, 4.69) is 5.32 Å². The van der Waals surface area contributed by atoms with Gasteiger partial charge in [-0.1, -0.05) is 0 Å². The maximum absolute atomic E-state index is 13.2. The Morgan fingerprint density at radius 2 is 1.70 bits per heavy atom. The predicted octanol–water partition coefficient (Wildman–Crippen LogP) is 2.58. The van der Waals surface area contributed by atoms with Crippen LogP contribution in [-0.2, 0) is 11.2 Å². The highest BCUT2D eigenvalue weighted by Gasteiger charge is 2.31. The summed E-state index contributed by atoms with van der Waals surface area (Å²) >= 11 is 0. The standard InChI is InChI=1S/C22H25NO7/c1-11(24)23-14-8-6-12-10-16(28-3)21(29-4)22(30-5)17(12)13-7-9-15(27-2)19(25)20(26)18(13)14/h7,9-10,14H,6,8H2,1-5H3,(H,23,24)(H,25,26)/t14-/m0/s1. The summed E-state index contributed by atoms with van der Waals surface area (Å²) in [4.78, 5) is 25.1. The summed E-state index contributed by atoms with van der Waals surface area (Å²) in [5, 5.41) is 13.3. The summed E-state index contributed by atoms with van der Waals surface area (Å²) in [6, 6.07) is 4.43. The SMILES string of the molecule is COc1cc2c(c(OC)c1OC)-c1ccc(OC)c(O)c(=O)c1[C@@H](NC(C)=O)CC2. The van der Waals surface area contributed by atoms with Crippen LogP contribution in [0, 0.1) is 0 Å². The molecule has 0 unspecified atom stereocenters. The van der Waals surface area contributed by atoms with E-state index in [1.165, 1.54) is 41.4 Å². The number of amides is 1. The molecule has 8 nitrogen and oxygen atoms in total. The first kappa shape index (κ1) is 21.3. The molecule has 0 aliphatic heterocycles. The highest BCUT2D eigenvalue weighted by Crippen LogP contribution is 2.50. The molecule has 2 aromatic rings. The lowest BCUT2D eigenvalue weighted by molar-refractivity contribution is -0.119. The van der Waals surface area contributed by atoms with Gasteiger partial charge in [-0.15, -0.1) is 0 Å². The minimum absolute atomic E-state index is 0.0376. The van der Waals surface area contributed by atoms with Gasteiger partial charge in [0.15, 0.2) is 17.2 Å². The summed E-state index contributed by atoms with van der Waals surface area (Å²) < 4.78 is 21.8. The van der Waals surface area contributed by atoms with Crippen molar-refractivity contribution in [1.29, 1.82) is 0 Å². The van der Waals surface area contributed by atoms with Crippen molar-refractivity contribution in [3.05, 3.63) is 39.5 Å². The molecule has 1 aliphatic rings. The van der Waals surface area contributed by atoms with E-state index in [1.54, 1.807) is 6.07 Å². The number of nitrogens with one attached hydrogen (secondary N) is 1. The maximum atomic E-state index is 13.2. The fraction of sp³-hybridized carbons (Fsp3) is 0.364. The van der Waals surface area contributed by atoms with Gasteiger partial charge in [0.1, 0.15) is 0 Å². The number of fused-ring (bicyclic) bond motifs is 3. The van der Waals surface area contributed by atoms with Crippen LogP contribution in [-0.4, -0.2) is 39.5 Å². The van der Waals surface area contributed by atoms with Crippen molar-refractivity contribution in [1.82, 2.24) is 5.32 Å². The number of carbonyl (C=O) groups is 1. The zero-order valence-corrected chi connectivity index (χ0v) is 17.6. The van der Waals surface area contributed by atoms with E-state index in [-0.39, 0.29) is 17.2 Å². The molecule has 0 heterocycles. The fourth-order valence-electron chi connectivity index (χ4n) is 3.95. The average Bonchev–Trinajstić information content (AvgIpc) is 2.95. The van der Waals surface area contributed by atoms with Crippen LogP contribution in [0.5, 0.6) is 28.7 Å². The Hall–Kier alpha value is -3.42. The first-order valence-electron chi connectivity index (χ1n) is 9.41. The van der Waals surface area contributed by atoms with Gasteiger partial charge in [0.2, 0.25) is 22.8 Å². The number of hydrogen-bond acceptors (Lipinski definition) is 7. The van der Waals surface area contributed by atoms with E-state index >= 15 is 0 Å². The van der Waals surface area contributed by atoms with Gasteiger partial charge in [-0.2, -0.15) is 0 Å². The lowest BCUT2D eigenvalue weighted by Gasteiger charge is -2.19. The topological polar surface area (TPSA) is 103 Å².